The molecule has 2 rings (SSSR count). The molecule has 0 radical (unpaired) electrons. The first-order chi connectivity index (χ1) is 8.89. The molecular formula is C16H24O3. The molecule has 1 aromatic rings. The van der Waals surface area contributed by atoms with Gasteiger partial charge in [0.05, 0.1) is 24.9 Å². The van der Waals surface area contributed by atoms with E-state index < -0.39 is 5.79 Å². The van der Waals surface area contributed by atoms with Crippen molar-refractivity contribution in [2.24, 2.45) is 0 Å². The van der Waals surface area contributed by atoms with E-state index >= 15 is 0 Å². The lowest BCUT2D eigenvalue weighted by molar-refractivity contribution is -0.334. The Morgan fingerprint density at radius 2 is 1.89 bits per heavy atom. The van der Waals surface area contributed by atoms with Gasteiger partial charge in [0.1, 0.15) is 0 Å². The molecule has 0 saturated carbocycles. The second kappa shape index (κ2) is 5.61. The van der Waals surface area contributed by atoms with Crippen LogP contribution in [0.3, 0.4) is 0 Å². The highest BCUT2D eigenvalue weighted by Crippen LogP contribution is 2.34. The Hall–Kier alpha value is -0.900. The van der Waals surface area contributed by atoms with Gasteiger partial charge in [0, 0.05) is 6.42 Å². The first-order valence-corrected chi connectivity index (χ1v) is 6.88. The molecule has 3 nitrogen and oxygen atoms in total. The van der Waals surface area contributed by atoms with E-state index in [1.807, 2.05) is 32.0 Å². The molecular weight excluding hydrogens is 240 g/mol. The van der Waals surface area contributed by atoms with E-state index in [1.165, 1.54) is 5.56 Å². The van der Waals surface area contributed by atoms with E-state index in [2.05, 4.69) is 26.0 Å². The van der Waals surface area contributed by atoms with Crippen molar-refractivity contribution in [1.82, 2.24) is 0 Å². The largest absolute Gasteiger partial charge is 0.374 e. The van der Waals surface area contributed by atoms with Crippen molar-refractivity contribution in [3.8, 4) is 0 Å². The van der Waals surface area contributed by atoms with Gasteiger partial charge in [-0.25, -0.2) is 0 Å². The summed E-state index contributed by atoms with van der Waals surface area (Å²) in [6, 6.07) is 10.2. The highest BCUT2D eigenvalue weighted by molar-refractivity contribution is 5.13. The van der Waals surface area contributed by atoms with Crippen LogP contribution in [-0.4, -0.2) is 24.1 Å². The third kappa shape index (κ3) is 4.30. The number of ether oxygens (including phenoxy) is 3. The predicted octanol–water partition coefficient (Wildman–Crippen LogP) is 3.52. The van der Waals surface area contributed by atoms with Crippen molar-refractivity contribution in [2.45, 2.75) is 58.2 Å². The van der Waals surface area contributed by atoms with Gasteiger partial charge in [0.15, 0.2) is 5.79 Å². The van der Waals surface area contributed by atoms with Crippen LogP contribution in [-0.2, 0) is 20.8 Å². The van der Waals surface area contributed by atoms with Gasteiger partial charge in [0.25, 0.3) is 0 Å². The third-order valence-corrected chi connectivity index (χ3v) is 3.22. The summed E-state index contributed by atoms with van der Waals surface area (Å²) < 4.78 is 17.6. The second-order valence-corrected chi connectivity index (χ2v) is 6.06. The van der Waals surface area contributed by atoms with Crippen molar-refractivity contribution < 1.29 is 14.2 Å². The predicted molar refractivity (Wildman–Crippen MR) is 74.8 cm³/mol. The number of hydrogen-bond donors (Lipinski definition) is 0. The quantitative estimate of drug-likeness (QED) is 0.832. The molecule has 1 saturated heterocycles. The topological polar surface area (TPSA) is 27.7 Å². The maximum absolute atomic E-state index is 6.02. The maximum Gasteiger partial charge on any atom is 0.163 e. The molecule has 1 aromatic carbocycles. The Kier molecular flexibility index (Phi) is 4.29. The molecule has 1 fully saturated rings. The molecule has 0 N–H and O–H groups in total. The summed E-state index contributed by atoms with van der Waals surface area (Å²) in [7, 11) is 0. The Balaban J connectivity index is 1.87. The summed E-state index contributed by atoms with van der Waals surface area (Å²) in [5, 5.41) is 0. The van der Waals surface area contributed by atoms with Gasteiger partial charge >= 0.3 is 0 Å². The summed E-state index contributed by atoms with van der Waals surface area (Å²) in [6.45, 7) is 9.29. The molecule has 19 heavy (non-hydrogen) atoms. The number of hydrogen-bond acceptors (Lipinski definition) is 3. The average molecular weight is 264 g/mol. The second-order valence-electron chi connectivity index (χ2n) is 6.06. The summed E-state index contributed by atoms with van der Waals surface area (Å²) in [5.41, 5.74) is 0.904. The highest BCUT2D eigenvalue weighted by atomic mass is 16.7. The smallest absolute Gasteiger partial charge is 0.163 e. The Labute approximate surface area is 115 Å². The highest BCUT2D eigenvalue weighted by Gasteiger charge is 2.41. The zero-order valence-corrected chi connectivity index (χ0v) is 12.3. The molecule has 0 bridgehead atoms. The molecule has 0 aromatic heterocycles. The zero-order chi connectivity index (χ0) is 13.9. The van der Waals surface area contributed by atoms with Crippen LogP contribution in [0.2, 0.25) is 0 Å². The molecule has 1 aliphatic rings. The summed E-state index contributed by atoms with van der Waals surface area (Å²) in [5.74, 6) is -0.539. The molecule has 0 unspecified atom stereocenters. The molecule has 106 valence electrons. The van der Waals surface area contributed by atoms with E-state index in [1.54, 1.807) is 0 Å². The fraction of sp³-hybridized carbons (Fsp3) is 0.625. The van der Waals surface area contributed by atoms with E-state index in [0.717, 1.165) is 6.42 Å². The monoisotopic (exact) mass is 264 g/mol. The van der Waals surface area contributed by atoms with Crippen LogP contribution in [0.1, 0.15) is 39.7 Å². The first-order valence-electron chi connectivity index (χ1n) is 6.88. The van der Waals surface area contributed by atoms with Crippen LogP contribution in [0, 0.1) is 0 Å². The average Bonchev–Trinajstić information content (AvgIpc) is 2.26. The maximum atomic E-state index is 6.02. The van der Waals surface area contributed by atoms with Crippen molar-refractivity contribution in [3.63, 3.8) is 0 Å². The van der Waals surface area contributed by atoms with Crippen molar-refractivity contribution in [2.75, 3.05) is 6.61 Å². The Morgan fingerprint density at radius 3 is 2.53 bits per heavy atom. The lowest BCUT2D eigenvalue weighted by Crippen LogP contribution is -2.52. The standard InChI is InChI=1S/C16H24O3/c1-13-10-16(4,19-15(2,3)18-13)12-17-11-14-8-6-5-7-9-14/h5-9,13H,10-12H2,1-4H3/t13-,16-/m1/s1. The molecule has 0 amide bonds. The molecule has 2 atom stereocenters. The van der Waals surface area contributed by atoms with Crippen LogP contribution in [0.25, 0.3) is 0 Å². The summed E-state index contributed by atoms with van der Waals surface area (Å²) in [4.78, 5) is 0. The number of rotatable bonds is 4. The normalized spacial score (nSPS) is 30.2. The molecule has 1 heterocycles. The van der Waals surface area contributed by atoms with Crippen LogP contribution in [0.4, 0.5) is 0 Å². The van der Waals surface area contributed by atoms with Crippen molar-refractivity contribution in [3.05, 3.63) is 35.9 Å². The van der Waals surface area contributed by atoms with Crippen LogP contribution >= 0.6 is 0 Å². The minimum Gasteiger partial charge on any atom is -0.374 e. The Morgan fingerprint density at radius 1 is 1.21 bits per heavy atom. The van der Waals surface area contributed by atoms with E-state index in [0.29, 0.717) is 13.2 Å². The van der Waals surface area contributed by atoms with Gasteiger partial charge in [-0.3, -0.25) is 0 Å². The fourth-order valence-corrected chi connectivity index (χ4v) is 2.84. The van der Waals surface area contributed by atoms with E-state index in [-0.39, 0.29) is 11.7 Å². The van der Waals surface area contributed by atoms with Crippen LogP contribution in [0.5, 0.6) is 0 Å². The minimum atomic E-state index is -0.539. The molecule has 0 aliphatic carbocycles. The van der Waals surface area contributed by atoms with Crippen molar-refractivity contribution >= 4 is 0 Å². The number of benzene rings is 1. The minimum absolute atomic E-state index is 0.189. The summed E-state index contributed by atoms with van der Waals surface area (Å²) >= 11 is 0. The van der Waals surface area contributed by atoms with Gasteiger partial charge in [-0.1, -0.05) is 30.3 Å². The molecule has 0 spiro atoms. The summed E-state index contributed by atoms with van der Waals surface area (Å²) in [6.07, 6.45) is 1.04. The SMILES string of the molecule is C[C@@H]1C[C@](C)(COCc2ccccc2)OC(C)(C)O1. The van der Waals surface area contributed by atoms with Gasteiger partial charge in [-0.05, 0) is 33.3 Å². The van der Waals surface area contributed by atoms with Gasteiger partial charge in [-0.15, -0.1) is 0 Å². The van der Waals surface area contributed by atoms with Crippen LogP contribution in [0.15, 0.2) is 30.3 Å². The first kappa shape index (κ1) is 14.5. The lowest BCUT2D eigenvalue weighted by Gasteiger charge is -2.45. The zero-order valence-electron chi connectivity index (χ0n) is 12.3. The molecule has 3 heteroatoms. The van der Waals surface area contributed by atoms with Crippen LogP contribution < -0.4 is 0 Å². The lowest BCUT2D eigenvalue weighted by atomic mass is 9.97. The third-order valence-electron chi connectivity index (χ3n) is 3.22. The molecule has 1 aliphatic heterocycles. The van der Waals surface area contributed by atoms with Crippen molar-refractivity contribution in [1.29, 1.82) is 0 Å². The van der Waals surface area contributed by atoms with Gasteiger partial charge < -0.3 is 14.2 Å². The Bertz CT molecular complexity index is 402. The fourth-order valence-electron chi connectivity index (χ4n) is 2.84. The van der Waals surface area contributed by atoms with E-state index in [9.17, 15) is 0 Å². The van der Waals surface area contributed by atoms with Gasteiger partial charge in [-0.2, -0.15) is 0 Å². The van der Waals surface area contributed by atoms with Gasteiger partial charge in [0.2, 0.25) is 0 Å². The van der Waals surface area contributed by atoms with E-state index in [4.69, 9.17) is 14.2 Å².